The van der Waals surface area contributed by atoms with E-state index in [0.29, 0.717) is 47.3 Å². The fourth-order valence-corrected chi connectivity index (χ4v) is 5.85. The predicted molar refractivity (Wildman–Crippen MR) is 126 cm³/mol. The molecule has 170 valence electrons. The number of carbonyl (C=O) groups is 1. The van der Waals surface area contributed by atoms with Crippen molar-refractivity contribution in [2.24, 2.45) is 0 Å². The number of anilines is 1. The number of sulfonamides is 1. The number of nitrogens with one attached hydrogen (secondary N) is 1. The molecule has 0 radical (unpaired) electrons. The molecule has 1 aromatic heterocycles. The number of ether oxygens (including phenoxy) is 1. The zero-order valence-electron chi connectivity index (χ0n) is 18.3. The molecule has 2 heterocycles. The molecule has 0 saturated carbocycles. The van der Waals surface area contributed by atoms with E-state index in [0.717, 1.165) is 11.1 Å². The van der Waals surface area contributed by atoms with Crippen molar-refractivity contribution < 1.29 is 17.9 Å². The molecule has 1 aliphatic heterocycles. The van der Waals surface area contributed by atoms with E-state index in [2.05, 4.69) is 15.2 Å². The van der Waals surface area contributed by atoms with Gasteiger partial charge in [0.2, 0.25) is 10.0 Å². The number of aryl methyl sites for hydroxylation is 2. The summed E-state index contributed by atoms with van der Waals surface area (Å²) in [5.41, 5.74) is 2.89. The lowest BCUT2D eigenvalue weighted by molar-refractivity contribution is -0.118. The van der Waals surface area contributed by atoms with Gasteiger partial charge in [-0.25, -0.2) is 13.4 Å². The summed E-state index contributed by atoms with van der Waals surface area (Å²) in [6.07, 6.45) is 0. The highest BCUT2D eigenvalue weighted by atomic mass is 32.2. The lowest BCUT2D eigenvalue weighted by Gasteiger charge is -2.31. The molecule has 1 amide bonds. The van der Waals surface area contributed by atoms with Gasteiger partial charge >= 0.3 is 0 Å². The molecule has 1 saturated heterocycles. The Morgan fingerprint density at radius 1 is 1.09 bits per heavy atom. The Kier molecular flexibility index (Phi) is 6.47. The number of aromatic nitrogens is 1. The Morgan fingerprint density at radius 3 is 2.56 bits per heavy atom. The average Bonchev–Trinajstić information content (AvgIpc) is 3.16. The van der Waals surface area contributed by atoms with Crippen LogP contribution >= 0.6 is 11.3 Å². The highest BCUT2D eigenvalue weighted by Gasteiger charge is 2.27. The second kappa shape index (κ2) is 9.14. The number of hydrogen-bond acceptors (Lipinski definition) is 7. The van der Waals surface area contributed by atoms with E-state index in [1.807, 2.05) is 39.1 Å². The number of hydrogen-bond donors (Lipinski definition) is 1. The Bertz CT molecular complexity index is 1250. The molecule has 0 atom stereocenters. The molecule has 2 aromatic carbocycles. The highest BCUT2D eigenvalue weighted by molar-refractivity contribution is 7.89. The minimum atomic E-state index is -3.56. The van der Waals surface area contributed by atoms with E-state index >= 15 is 0 Å². The van der Waals surface area contributed by atoms with Crippen LogP contribution in [0.3, 0.4) is 0 Å². The van der Waals surface area contributed by atoms with Crippen LogP contribution in [-0.4, -0.2) is 68.3 Å². The molecular weight excluding hydrogens is 448 g/mol. The maximum Gasteiger partial charge on any atom is 0.264 e. The summed E-state index contributed by atoms with van der Waals surface area (Å²) in [6.45, 7) is 6.23. The van der Waals surface area contributed by atoms with Gasteiger partial charge in [-0.2, -0.15) is 4.31 Å². The molecule has 0 bridgehead atoms. The van der Waals surface area contributed by atoms with Crippen molar-refractivity contribution in [2.75, 3.05) is 45.2 Å². The zero-order chi connectivity index (χ0) is 22.9. The third kappa shape index (κ3) is 4.93. The van der Waals surface area contributed by atoms with Gasteiger partial charge in [0.1, 0.15) is 5.75 Å². The first-order valence-electron chi connectivity index (χ1n) is 10.3. The van der Waals surface area contributed by atoms with Crippen molar-refractivity contribution in [1.82, 2.24) is 14.2 Å². The van der Waals surface area contributed by atoms with Gasteiger partial charge in [-0.15, -0.1) is 0 Å². The van der Waals surface area contributed by atoms with Gasteiger partial charge in [-0.3, -0.25) is 10.1 Å². The monoisotopic (exact) mass is 474 g/mol. The van der Waals surface area contributed by atoms with Crippen LogP contribution in [0.15, 0.2) is 41.3 Å². The van der Waals surface area contributed by atoms with E-state index in [1.54, 1.807) is 18.2 Å². The van der Waals surface area contributed by atoms with Crippen LogP contribution in [-0.2, 0) is 14.8 Å². The number of rotatable bonds is 6. The number of piperazine rings is 1. The van der Waals surface area contributed by atoms with Crippen LogP contribution < -0.4 is 10.1 Å². The van der Waals surface area contributed by atoms with Crippen LogP contribution in [0.25, 0.3) is 10.2 Å². The molecule has 1 N–H and O–H groups in total. The molecule has 3 aromatic rings. The van der Waals surface area contributed by atoms with Gasteiger partial charge in [0.25, 0.3) is 5.91 Å². The quantitative estimate of drug-likeness (QED) is 0.591. The van der Waals surface area contributed by atoms with E-state index in [9.17, 15) is 13.2 Å². The van der Waals surface area contributed by atoms with Gasteiger partial charge in [-0.05, 0) is 62.4 Å². The van der Waals surface area contributed by atoms with Gasteiger partial charge < -0.3 is 9.64 Å². The maximum absolute atomic E-state index is 13.0. The molecule has 0 unspecified atom stereocenters. The zero-order valence-corrected chi connectivity index (χ0v) is 19.9. The summed E-state index contributed by atoms with van der Waals surface area (Å²) in [5, 5.41) is 3.14. The van der Waals surface area contributed by atoms with Crippen molar-refractivity contribution in [2.45, 2.75) is 18.7 Å². The molecule has 32 heavy (non-hydrogen) atoms. The first-order chi connectivity index (χ1) is 15.2. The number of nitrogens with zero attached hydrogens (tertiary/aromatic N) is 3. The van der Waals surface area contributed by atoms with Crippen LogP contribution in [0.1, 0.15) is 11.1 Å². The fraction of sp³-hybridized carbons (Fsp3) is 0.364. The van der Waals surface area contributed by atoms with Crippen LogP contribution in [0.5, 0.6) is 5.75 Å². The normalized spacial score (nSPS) is 15.7. The van der Waals surface area contributed by atoms with Crippen LogP contribution in [0.4, 0.5) is 5.13 Å². The van der Waals surface area contributed by atoms with Crippen molar-refractivity contribution in [3.63, 3.8) is 0 Å². The average molecular weight is 475 g/mol. The fourth-order valence-electron chi connectivity index (χ4n) is 3.40. The summed E-state index contributed by atoms with van der Waals surface area (Å²) >= 11 is 1.24. The Labute approximate surface area is 191 Å². The molecule has 1 fully saturated rings. The van der Waals surface area contributed by atoms with Gasteiger partial charge in [0.05, 0.1) is 15.1 Å². The second-order valence-electron chi connectivity index (χ2n) is 7.94. The molecular formula is C22H26N4O4S2. The Hall–Kier alpha value is -2.53. The van der Waals surface area contributed by atoms with Crippen molar-refractivity contribution in [3.05, 3.63) is 47.5 Å². The van der Waals surface area contributed by atoms with Gasteiger partial charge in [0.15, 0.2) is 11.7 Å². The van der Waals surface area contributed by atoms with E-state index in [4.69, 9.17) is 4.74 Å². The van der Waals surface area contributed by atoms with Gasteiger partial charge in [0, 0.05) is 26.2 Å². The number of thiazole rings is 1. The topological polar surface area (TPSA) is 91.8 Å². The molecule has 4 rings (SSSR count). The lowest BCUT2D eigenvalue weighted by atomic mass is 10.1. The first kappa shape index (κ1) is 22.7. The SMILES string of the molecule is Cc1ccc(OCC(=O)Nc2nc3ccc(S(=O)(=O)N4CCN(C)CC4)cc3s2)cc1C. The minimum Gasteiger partial charge on any atom is -0.484 e. The molecule has 10 heteroatoms. The van der Waals surface area contributed by atoms with Gasteiger partial charge in [-0.1, -0.05) is 17.4 Å². The largest absolute Gasteiger partial charge is 0.484 e. The van der Waals surface area contributed by atoms with Crippen LogP contribution in [0, 0.1) is 13.8 Å². The molecule has 0 spiro atoms. The summed E-state index contributed by atoms with van der Waals surface area (Å²) in [6, 6.07) is 10.5. The van der Waals surface area contributed by atoms with Crippen molar-refractivity contribution >= 4 is 42.6 Å². The number of likely N-dealkylation sites (N-methyl/N-ethyl adjacent to an activating group) is 1. The smallest absolute Gasteiger partial charge is 0.264 e. The molecule has 1 aliphatic rings. The summed E-state index contributed by atoms with van der Waals surface area (Å²) in [7, 11) is -1.58. The first-order valence-corrected chi connectivity index (χ1v) is 12.6. The number of carbonyl (C=O) groups excluding carboxylic acids is 1. The Balaban J connectivity index is 1.43. The maximum atomic E-state index is 13.0. The van der Waals surface area contributed by atoms with Crippen molar-refractivity contribution in [3.8, 4) is 5.75 Å². The molecule has 8 nitrogen and oxygen atoms in total. The van der Waals surface area contributed by atoms with Crippen molar-refractivity contribution in [1.29, 1.82) is 0 Å². The number of fused-ring (bicyclic) bond motifs is 1. The number of benzene rings is 2. The third-order valence-corrected chi connectivity index (χ3v) is 8.38. The molecule has 0 aliphatic carbocycles. The van der Waals surface area contributed by atoms with E-state index in [-0.39, 0.29) is 17.4 Å². The summed E-state index contributed by atoms with van der Waals surface area (Å²) < 4.78 is 33.8. The third-order valence-electron chi connectivity index (χ3n) is 5.55. The summed E-state index contributed by atoms with van der Waals surface area (Å²) in [5.74, 6) is 0.305. The standard InChI is InChI=1S/C22H26N4O4S2/c1-15-4-5-17(12-16(15)2)30-14-21(27)24-22-23-19-7-6-18(13-20(19)31-22)32(28,29)26-10-8-25(3)9-11-26/h4-7,12-13H,8-11,14H2,1-3H3,(H,23,24,27). The predicted octanol–water partition coefficient (Wildman–Crippen LogP) is 2.87. The number of amides is 1. The minimum absolute atomic E-state index is 0.137. The highest BCUT2D eigenvalue weighted by Crippen LogP contribution is 2.29. The van der Waals surface area contributed by atoms with E-state index < -0.39 is 10.0 Å². The lowest BCUT2D eigenvalue weighted by Crippen LogP contribution is -2.46. The second-order valence-corrected chi connectivity index (χ2v) is 10.9. The Morgan fingerprint density at radius 2 is 1.84 bits per heavy atom. The summed E-state index contributed by atoms with van der Waals surface area (Å²) in [4.78, 5) is 19.0. The van der Waals surface area contributed by atoms with E-state index in [1.165, 1.54) is 15.6 Å². The van der Waals surface area contributed by atoms with Crippen LogP contribution in [0.2, 0.25) is 0 Å².